The van der Waals surface area contributed by atoms with Crippen molar-refractivity contribution in [2.45, 2.75) is 52.9 Å². The quantitative estimate of drug-likeness (QED) is 0.526. The fourth-order valence-electron chi connectivity index (χ4n) is 1.99. The van der Waals surface area contributed by atoms with Gasteiger partial charge in [-0.15, -0.1) is 0 Å². The third kappa shape index (κ3) is 2.69. The Morgan fingerprint density at radius 3 is 2.27 bits per heavy atom. The summed E-state index contributed by atoms with van der Waals surface area (Å²) in [6.07, 6.45) is 6.96. The van der Waals surface area contributed by atoms with Gasteiger partial charge < -0.3 is 0 Å². The molecule has 1 fully saturated rings. The van der Waals surface area contributed by atoms with Crippen LogP contribution in [0.1, 0.15) is 52.9 Å². The lowest BCUT2D eigenvalue weighted by Gasteiger charge is -2.08. The van der Waals surface area contributed by atoms with Crippen LogP contribution in [-0.2, 0) is 0 Å². The van der Waals surface area contributed by atoms with E-state index in [0.717, 1.165) is 5.92 Å². The largest absolute Gasteiger partial charge is 0.0739 e. The van der Waals surface area contributed by atoms with E-state index in [1.165, 1.54) is 32.1 Å². The van der Waals surface area contributed by atoms with Crippen molar-refractivity contribution in [1.29, 1.82) is 0 Å². The first-order chi connectivity index (χ1) is 5.20. The Morgan fingerprint density at radius 1 is 1.27 bits per heavy atom. The molecule has 0 aromatic heterocycles. The Balaban J connectivity index is 2.48. The molecular weight excluding hydrogens is 132 g/mol. The second-order valence-electron chi connectivity index (χ2n) is 4.19. The number of rotatable bonds is 2. The molecule has 1 saturated carbocycles. The molecule has 0 spiro atoms. The minimum Gasteiger partial charge on any atom is -0.0739 e. The average molecular weight is 152 g/mol. The highest BCUT2D eigenvalue weighted by molar-refractivity contribution is 5.15. The SMILES string of the molecule is CC(CC(C)C)=C1CCCC1. The van der Waals surface area contributed by atoms with Crippen molar-refractivity contribution in [3.05, 3.63) is 11.1 Å². The van der Waals surface area contributed by atoms with E-state index < -0.39 is 0 Å². The van der Waals surface area contributed by atoms with Gasteiger partial charge in [0, 0.05) is 0 Å². The summed E-state index contributed by atoms with van der Waals surface area (Å²) in [6, 6.07) is 0. The molecule has 0 amide bonds. The Morgan fingerprint density at radius 2 is 1.82 bits per heavy atom. The monoisotopic (exact) mass is 152 g/mol. The van der Waals surface area contributed by atoms with Gasteiger partial charge in [0.05, 0.1) is 0 Å². The number of hydrogen-bond donors (Lipinski definition) is 0. The summed E-state index contributed by atoms with van der Waals surface area (Å²) in [4.78, 5) is 0. The molecule has 0 heterocycles. The molecule has 0 unspecified atom stereocenters. The Labute approximate surface area is 70.7 Å². The molecule has 11 heavy (non-hydrogen) atoms. The molecule has 0 saturated heterocycles. The summed E-state index contributed by atoms with van der Waals surface area (Å²) in [7, 11) is 0. The topological polar surface area (TPSA) is 0 Å². The van der Waals surface area contributed by atoms with Crippen molar-refractivity contribution in [3.8, 4) is 0 Å². The Kier molecular flexibility index (Phi) is 3.16. The normalized spacial score (nSPS) is 18.0. The molecule has 0 atom stereocenters. The maximum atomic E-state index is 2.32. The summed E-state index contributed by atoms with van der Waals surface area (Å²) >= 11 is 0. The maximum Gasteiger partial charge on any atom is -0.0297 e. The first kappa shape index (κ1) is 8.83. The first-order valence-electron chi connectivity index (χ1n) is 4.87. The van der Waals surface area contributed by atoms with Crippen LogP contribution >= 0.6 is 0 Å². The molecular formula is C11H20. The van der Waals surface area contributed by atoms with Crippen LogP contribution in [0.3, 0.4) is 0 Å². The van der Waals surface area contributed by atoms with E-state index in [4.69, 9.17) is 0 Å². The molecule has 0 nitrogen and oxygen atoms in total. The summed E-state index contributed by atoms with van der Waals surface area (Å²) in [6.45, 7) is 6.93. The van der Waals surface area contributed by atoms with Gasteiger partial charge >= 0.3 is 0 Å². The van der Waals surface area contributed by atoms with Crippen LogP contribution in [-0.4, -0.2) is 0 Å². The van der Waals surface area contributed by atoms with Crippen molar-refractivity contribution in [3.63, 3.8) is 0 Å². The Bertz CT molecular complexity index is 143. The number of hydrogen-bond acceptors (Lipinski definition) is 0. The summed E-state index contributed by atoms with van der Waals surface area (Å²) < 4.78 is 0. The van der Waals surface area contributed by atoms with Crippen LogP contribution < -0.4 is 0 Å². The molecule has 1 rings (SSSR count). The zero-order valence-corrected chi connectivity index (χ0v) is 8.11. The van der Waals surface area contributed by atoms with Crippen molar-refractivity contribution in [2.75, 3.05) is 0 Å². The Hall–Kier alpha value is -0.260. The molecule has 0 bridgehead atoms. The van der Waals surface area contributed by atoms with Crippen LogP contribution in [0.4, 0.5) is 0 Å². The van der Waals surface area contributed by atoms with Crippen LogP contribution in [0, 0.1) is 5.92 Å². The first-order valence-corrected chi connectivity index (χ1v) is 4.87. The molecule has 0 aliphatic heterocycles. The predicted octanol–water partition coefficient (Wildman–Crippen LogP) is 3.92. The van der Waals surface area contributed by atoms with E-state index in [-0.39, 0.29) is 0 Å². The molecule has 0 N–H and O–H groups in total. The van der Waals surface area contributed by atoms with Gasteiger partial charge in [-0.05, 0) is 44.9 Å². The fraction of sp³-hybridized carbons (Fsp3) is 0.818. The van der Waals surface area contributed by atoms with E-state index in [1.54, 1.807) is 11.1 Å². The summed E-state index contributed by atoms with van der Waals surface area (Å²) in [5, 5.41) is 0. The van der Waals surface area contributed by atoms with E-state index in [1.807, 2.05) is 0 Å². The van der Waals surface area contributed by atoms with Crippen LogP contribution in [0.25, 0.3) is 0 Å². The zero-order chi connectivity index (χ0) is 8.27. The zero-order valence-electron chi connectivity index (χ0n) is 8.11. The van der Waals surface area contributed by atoms with Gasteiger partial charge in [-0.1, -0.05) is 25.0 Å². The minimum atomic E-state index is 0.836. The second kappa shape index (κ2) is 3.94. The van der Waals surface area contributed by atoms with Crippen molar-refractivity contribution >= 4 is 0 Å². The number of allylic oxidation sites excluding steroid dienone is 2. The van der Waals surface area contributed by atoms with Gasteiger partial charge in [-0.3, -0.25) is 0 Å². The lowest BCUT2D eigenvalue weighted by molar-refractivity contribution is 0.636. The van der Waals surface area contributed by atoms with Crippen LogP contribution in [0.2, 0.25) is 0 Å². The van der Waals surface area contributed by atoms with E-state index in [9.17, 15) is 0 Å². The van der Waals surface area contributed by atoms with E-state index in [0.29, 0.717) is 0 Å². The van der Waals surface area contributed by atoms with Crippen molar-refractivity contribution < 1.29 is 0 Å². The molecule has 0 heteroatoms. The third-order valence-electron chi connectivity index (χ3n) is 2.53. The predicted molar refractivity (Wildman–Crippen MR) is 50.6 cm³/mol. The summed E-state index contributed by atoms with van der Waals surface area (Å²) in [5.74, 6) is 0.836. The van der Waals surface area contributed by atoms with Gasteiger partial charge in [0.2, 0.25) is 0 Å². The van der Waals surface area contributed by atoms with E-state index in [2.05, 4.69) is 20.8 Å². The van der Waals surface area contributed by atoms with Crippen molar-refractivity contribution in [2.24, 2.45) is 5.92 Å². The van der Waals surface area contributed by atoms with Gasteiger partial charge in [0.25, 0.3) is 0 Å². The fourth-order valence-corrected chi connectivity index (χ4v) is 1.99. The van der Waals surface area contributed by atoms with Crippen molar-refractivity contribution in [1.82, 2.24) is 0 Å². The van der Waals surface area contributed by atoms with E-state index >= 15 is 0 Å². The van der Waals surface area contributed by atoms with Gasteiger partial charge in [-0.25, -0.2) is 0 Å². The lowest BCUT2D eigenvalue weighted by Crippen LogP contribution is -1.91. The molecule has 0 aromatic rings. The van der Waals surface area contributed by atoms with Crippen LogP contribution in [0.15, 0.2) is 11.1 Å². The lowest BCUT2D eigenvalue weighted by atomic mass is 9.99. The third-order valence-corrected chi connectivity index (χ3v) is 2.53. The highest BCUT2D eigenvalue weighted by Crippen LogP contribution is 2.29. The highest BCUT2D eigenvalue weighted by Gasteiger charge is 2.09. The van der Waals surface area contributed by atoms with Gasteiger partial charge in [0.1, 0.15) is 0 Å². The summed E-state index contributed by atoms with van der Waals surface area (Å²) in [5.41, 5.74) is 3.44. The molecule has 1 aliphatic carbocycles. The molecule has 64 valence electrons. The average Bonchev–Trinajstić information content (AvgIpc) is 2.35. The molecule has 0 aromatic carbocycles. The minimum absolute atomic E-state index is 0.836. The standard InChI is InChI=1S/C11H20/c1-9(2)8-10(3)11-6-4-5-7-11/h9H,4-8H2,1-3H3. The molecule has 0 radical (unpaired) electrons. The maximum absolute atomic E-state index is 2.32. The molecule has 1 aliphatic rings. The van der Waals surface area contributed by atoms with Gasteiger partial charge in [-0.2, -0.15) is 0 Å². The smallest absolute Gasteiger partial charge is 0.0297 e. The second-order valence-corrected chi connectivity index (χ2v) is 4.19. The van der Waals surface area contributed by atoms with Crippen LogP contribution in [0.5, 0.6) is 0 Å². The van der Waals surface area contributed by atoms with Gasteiger partial charge in [0.15, 0.2) is 0 Å². The highest BCUT2D eigenvalue weighted by atomic mass is 14.2.